The third kappa shape index (κ3) is 2.93. The second-order valence-electron chi connectivity index (χ2n) is 6.89. The SMILES string of the molecule is NC1(C(=O)N2CCc3oc(-c4cc(F)cc(F)c4)nc3C2)CCCC1. The maximum atomic E-state index is 13.4. The van der Waals surface area contributed by atoms with Crippen LogP contribution >= 0.6 is 0 Å². The highest BCUT2D eigenvalue weighted by atomic mass is 19.1. The molecule has 1 aliphatic carbocycles. The molecule has 1 aliphatic heterocycles. The van der Waals surface area contributed by atoms with Crippen LogP contribution in [0.4, 0.5) is 8.78 Å². The topological polar surface area (TPSA) is 72.4 Å². The molecule has 1 fully saturated rings. The molecule has 2 aliphatic rings. The first-order valence-electron chi connectivity index (χ1n) is 8.48. The fraction of sp³-hybridized carbons (Fsp3) is 0.444. The lowest BCUT2D eigenvalue weighted by Gasteiger charge is -2.33. The number of oxazole rings is 1. The first kappa shape index (κ1) is 16.2. The summed E-state index contributed by atoms with van der Waals surface area (Å²) in [6.45, 7) is 0.825. The molecule has 4 rings (SSSR count). The van der Waals surface area contributed by atoms with E-state index in [0.29, 0.717) is 43.8 Å². The van der Waals surface area contributed by atoms with Crippen LogP contribution in [-0.4, -0.2) is 27.9 Å². The van der Waals surface area contributed by atoms with Gasteiger partial charge in [-0.3, -0.25) is 4.79 Å². The van der Waals surface area contributed by atoms with Gasteiger partial charge in [0.25, 0.3) is 0 Å². The van der Waals surface area contributed by atoms with E-state index in [1.807, 2.05) is 0 Å². The number of benzene rings is 1. The maximum absolute atomic E-state index is 13.4. The molecule has 0 radical (unpaired) electrons. The average molecular weight is 347 g/mol. The van der Waals surface area contributed by atoms with E-state index in [2.05, 4.69) is 4.98 Å². The Kier molecular flexibility index (Phi) is 3.83. The van der Waals surface area contributed by atoms with Crippen molar-refractivity contribution in [2.75, 3.05) is 6.54 Å². The highest BCUT2D eigenvalue weighted by Crippen LogP contribution is 2.32. The third-order valence-electron chi connectivity index (χ3n) is 5.05. The number of hydrogen-bond donors (Lipinski definition) is 1. The van der Waals surface area contributed by atoms with Crippen molar-refractivity contribution < 1.29 is 18.0 Å². The summed E-state index contributed by atoms with van der Waals surface area (Å²) in [5.74, 6) is -0.595. The molecule has 132 valence electrons. The molecule has 25 heavy (non-hydrogen) atoms. The molecule has 1 saturated carbocycles. The minimum absolute atomic E-state index is 0.0444. The summed E-state index contributed by atoms with van der Waals surface area (Å²) < 4.78 is 32.5. The summed E-state index contributed by atoms with van der Waals surface area (Å²) in [6.07, 6.45) is 3.88. The van der Waals surface area contributed by atoms with Crippen molar-refractivity contribution in [2.45, 2.75) is 44.2 Å². The van der Waals surface area contributed by atoms with Gasteiger partial charge >= 0.3 is 0 Å². The van der Waals surface area contributed by atoms with E-state index >= 15 is 0 Å². The Morgan fingerprint density at radius 1 is 1.20 bits per heavy atom. The van der Waals surface area contributed by atoms with Gasteiger partial charge in [0.05, 0.1) is 12.1 Å². The molecule has 1 amide bonds. The first-order valence-corrected chi connectivity index (χ1v) is 8.48. The number of carbonyl (C=O) groups excluding carboxylic acids is 1. The van der Waals surface area contributed by atoms with Gasteiger partial charge in [0.15, 0.2) is 0 Å². The van der Waals surface area contributed by atoms with Gasteiger partial charge in [-0.05, 0) is 25.0 Å². The number of nitrogens with two attached hydrogens (primary N) is 1. The molecule has 0 atom stereocenters. The molecule has 0 saturated heterocycles. The molecular weight excluding hydrogens is 328 g/mol. The van der Waals surface area contributed by atoms with Crippen molar-refractivity contribution in [1.82, 2.24) is 9.88 Å². The lowest BCUT2D eigenvalue weighted by atomic mass is 9.96. The zero-order chi connectivity index (χ0) is 17.6. The largest absolute Gasteiger partial charge is 0.441 e. The average Bonchev–Trinajstić information content (AvgIpc) is 3.19. The molecule has 0 spiro atoms. The van der Waals surface area contributed by atoms with Gasteiger partial charge < -0.3 is 15.1 Å². The second-order valence-corrected chi connectivity index (χ2v) is 6.89. The number of hydrogen-bond acceptors (Lipinski definition) is 4. The lowest BCUT2D eigenvalue weighted by Crippen LogP contribution is -2.54. The quantitative estimate of drug-likeness (QED) is 0.907. The van der Waals surface area contributed by atoms with E-state index in [0.717, 1.165) is 18.9 Å². The predicted octanol–water partition coefficient (Wildman–Crippen LogP) is 2.78. The van der Waals surface area contributed by atoms with Crippen molar-refractivity contribution in [2.24, 2.45) is 5.73 Å². The number of fused-ring (bicyclic) bond motifs is 1. The Labute approximate surface area is 143 Å². The molecular formula is C18H19F2N3O2. The van der Waals surface area contributed by atoms with Crippen molar-refractivity contribution in [1.29, 1.82) is 0 Å². The molecule has 0 unspecified atom stereocenters. The van der Waals surface area contributed by atoms with Gasteiger partial charge in [-0.25, -0.2) is 13.8 Å². The third-order valence-corrected chi connectivity index (χ3v) is 5.05. The normalized spacial score (nSPS) is 19.1. The van der Waals surface area contributed by atoms with E-state index in [9.17, 15) is 13.6 Å². The predicted molar refractivity (Wildman–Crippen MR) is 86.4 cm³/mol. The Morgan fingerprint density at radius 3 is 2.56 bits per heavy atom. The van der Waals surface area contributed by atoms with E-state index < -0.39 is 17.2 Å². The fourth-order valence-electron chi connectivity index (χ4n) is 3.71. The van der Waals surface area contributed by atoms with Gasteiger partial charge in [-0.2, -0.15) is 0 Å². The lowest BCUT2D eigenvalue weighted by molar-refractivity contribution is -0.137. The molecule has 1 aromatic carbocycles. The van der Waals surface area contributed by atoms with Crippen LogP contribution in [0.3, 0.4) is 0 Å². The van der Waals surface area contributed by atoms with Crippen LogP contribution in [0.15, 0.2) is 22.6 Å². The Bertz CT molecular complexity index is 807. The summed E-state index contributed by atoms with van der Waals surface area (Å²) >= 11 is 0. The molecule has 7 heteroatoms. The highest BCUT2D eigenvalue weighted by Gasteiger charge is 2.41. The van der Waals surface area contributed by atoms with Crippen molar-refractivity contribution in [3.63, 3.8) is 0 Å². The van der Waals surface area contributed by atoms with E-state index in [-0.39, 0.29) is 17.4 Å². The molecule has 0 bridgehead atoms. The number of amides is 1. The van der Waals surface area contributed by atoms with Gasteiger partial charge in [-0.1, -0.05) is 12.8 Å². The number of nitrogens with zero attached hydrogens (tertiary/aromatic N) is 2. The van der Waals surface area contributed by atoms with Crippen LogP contribution in [0, 0.1) is 11.6 Å². The van der Waals surface area contributed by atoms with Crippen molar-refractivity contribution in [3.8, 4) is 11.5 Å². The number of rotatable bonds is 2. The van der Waals surface area contributed by atoms with Crippen molar-refractivity contribution >= 4 is 5.91 Å². The summed E-state index contributed by atoms with van der Waals surface area (Å²) in [5, 5.41) is 0. The van der Waals surface area contributed by atoms with E-state index in [4.69, 9.17) is 10.2 Å². The summed E-state index contributed by atoms with van der Waals surface area (Å²) in [4.78, 5) is 18.8. The molecule has 2 N–H and O–H groups in total. The van der Waals surface area contributed by atoms with Crippen molar-refractivity contribution in [3.05, 3.63) is 41.3 Å². The monoisotopic (exact) mass is 347 g/mol. The molecule has 2 aromatic rings. The van der Waals surface area contributed by atoms with Crippen LogP contribution in [-0.2, 0) is 17.8 Å². The van der Waals surface area contributed by atoms with E-state index in [1.165, 1.54) is 12.1 Å². The first-order chi connectivity index (χ1) is 11.9. The standard InChI is InChI=1S/C18H19F2N3O2/c19-12-7-11(8-13(20)9-12)16-22-14-10-23(6-3-15(14)25-16)17(24)18(21)4-1-2-5-18/h7-9H,1-6,10,21H2. The molecule has 5 nitrogen and oxygen atoms in total. The summed E-state index contributed by atoms with van der Waals surface area (Å²) in [6, 6.07) is 3.16. The molecule has 2 heterocycles. The van der Waals surface area contributed by atoms with Gasteiger partial charge in [-0.15, -0.1) is 0 Å². The van der Waals surface area contributed by atoms with Crippen LogP contribution in [0.2, 0.25) is 0 Å². The fourth-order valence-corrected chi connectivity index (χ4v) is 3.71. The Morgan fingerprint density at radius 2 is 1.88 bits per heavy atom. The number of carbonyl (C=O) groups is 1. The maximum Gasteiger partial charge on any atom is 0.243 e. The summed E-state index contributed by atoms with van der Waals surface area (Å²) in [5.41, 5.74) is 6.37. The van der Waals surface area contributed by atoms with Crippen LogP contribution < -0.4 is 5.73 Å². The zero-order valence-corrected chi connectivity index (χ0v) is 13.7. The number of aromatic nitrogens is 1. The highest BCUT2D eigenvalue weighted by molar-refractivity contribution is 5.86. The minimum Gasteiger partial charge on any atom is -0.441 e. The Hall–Kier alpha value is -2.28. The van der Waals surface area contributed by atoms with Gasteiger partial charge in [0, 0.05) is 24.6 Å². The minimum atomic E-state index is -0.768. The van der Waals surface area contributed by atoms with Crippen LogP contribution in [0.25, 0.3) is 11.5 Å². The summed E-state index contributed by atoms with van der Waals surface area (Å²) in [7, 11) is 0. The number of halogens is 2. The molecule has 1 aromatic heterocycles. The smallest absolute Gasteiger partial charge is 0.243 e. The van der Waals surface area contributed by atoms with Crippen LogP contribution in [0.5, 0.6) is 0 Å². The van der Waals surface area contributed by atoms with Gasteiger partial charge in [0.1, 0.15) is 23.1 Å². The second kappa shape index (κ2) is 5.91. The Balaban J connectivity index is 1.58. The van der Waals surface area contributed by atoms with Crippen LogP contribution in [0.1, 0.15) is 37.1 Å². The van der Waals surface area contributed by atoms with E-state index in [1.54, 1.807) is 4.90 Å². The van der Waals surface area contributed by atoms with Gasteiger partial charge in [0.2, 0.25) is 11.8 Å². The zero-order valence-electron chi connectivity index (χ0n) is 13.7.